The van der Waals surface area contributed by atoms with Crippen LogP contribution in [0.5, 0.6) is 0 Å². The van der Waals surface area contributed by atoms with Gasteiger partial charge in [-0.1, -0.05) is 44.2 Å². The van der Waals surface area contributed by atoms with Crippen LogP contribution in [0.25, 0.3) is 0 Å². The summed E-state index contributed by atoms with van der Waals surface area (Å²) in [5.41, 5.74) is 3.29. The Morgan fingerprint density at radius 2 is 1.85 bits per heavy atom. The minimum absolute atomic E-state index is 0.00810. The van der Waals surface area contributed by atoms with E-state index in [-0.39, 0.29) is 17.9 Å². The standard InChI is InChI=1S/C27H31N5O2/c1-3-20(4-2)26(33)30-23-10-11-24(22(18-23)19-28)31-13-15-32(16-14-31)25(27-29-12-17-34-27)21-8-6-5-7-9-21/h5-12,17-18,20,25H,3-4,13-16H2,1-2H3,(H,30,33). The van der Waals surface area contributed by atoms with E-state index >= 15 is 0 Å². The van der Waals surface area contributed by atoms with Gasteiger partial charge >= 0.3 is 0 Å². The van der Waals surface area contributed by atoms with Gasteiger partial charge in [0.1, 0.15) is 18.4 Å². The zero-order valence-electron chi connectivity index (χ0n) is 19.8. The molecule has 1 saturated heterocycles. The van der Waals surface area contributed by atoms with Crippen molar-refractivity contribution in [2.75, 3.05) is 36.4 Å². The minimum Gasteiger partial charge on any atom is -0.447 e. The molecular formula is C27H31N5O2. The van der Waals surface area contributed by atoms with Crippen molar-refractivity contribution in [1.82, 2.24) is 9.88 Å². The quantitative estimate of drug-likeness (QED) is 0.521. The topological polar surface area (TPSA) is 85.4 Å². The number of benzene rings is 2. The predicted molar refractivity (Wildman–Crippen MR) is 132 cm³/mol. The fourth-order valence-electron chi connectivity index (χ4n) is 4.62. The number of amides is 1. The molecule has 0 bridgehead atoms. The Bertz CT molecular complexity index is 1110. The molecule has 176 valence electrons. The molecule has 1 N–H and O–H groups in total. The Labute approximate surface area is 201 Å². The second-order valence-corrected chi connectivity index (χ2v) is 8.55. The molecule has 3 aromatic rings. The maximum atomic E-state index is 12.5. The van der Waals surface area contributed by atoms with Crippen LogP contribution in [0.15, 0.2) is 65.4 Å². The molecule has 1 unspecified atom stereocenters. The first-order valence-electron chi connectivity index (χ1n) is 11.9. The van der Waals surface area contributed by atoms with E-state index in [4.69, 9.17) is 4.42 Å². The number of nitrogens with zero attached hydrogens (tertiary/aromatic N) is 4. The van der Waals surface area contributed by atoms with Crippen LogP contribution >= 0.6 is 0 Å². The van der Waals surface area contributed by atoms with E-state index in [1.54, 1.807) is 18.5 Å². The van der Waals surface area contributed by atoms with Gasteiger partial charge in [-0.2, -0.15) is 5.26 Å². The van der Waals surface area contributed by atoms with Crippen molar-refractivity contribution in [1.29, 1.82) is 5.26 Å². The lowest BCUT2D eigenvalue weighted by atomic mass is 10.0. The molecule has 0 saturated carbocycles. The second kappa shape index (κ2) is 11.0. The molecule has 34 heavy (non-hydrogen) atoms. The van der Waals surface area contributed by atoms with Crippen molar-refractivity contribution in [3.05, 3.63) is 78.0 Å². The molecule has 2 aromatic carbocycles. The van der Waals surface area contributed by atoms with Crippen LogP contribution in [-0.4, -0.2) is 42.0 Å². The third-order valence-electron chi connectivity index (χ3n) is 6.56. The predicted octanol–water partition coefficient (Wildman–Crippen LogP) is 4.83. The van der Waals surface area contributed by atoms with Crippen LogP contribution in [0.3, 0.4) is 0 Å². The minimum atomic E-state index is -0.0450. The summed E-state index contributed by atoms with van der Waals surface area (Å²) < 4.78 is 5.69. The second-order valence-electron chi connectivity index (χ2n) is 8.55. The van der Waals surface area contributed by atoms with Gasteiger partial charge in [-0.15, -0.1) is 0 Å². The number of oxazole rings is 1. The summed E-state index contributed by atoms with van der Waals surface area (Å²) in [6, 6.07) is 18.2. The first-order valence-corrected chi connectivity index (χ1v) is 11.9. The number of nitriles is 1. The number of piperazine rings is 1. The number of carbonyl (C=O) groups is 1. The van der Waals surface area contributed by atoms with Crippen molar-refractivity contribution >= 4 is 17.3 Å². The third kappa shape index (κ3) is 5.13. The van der Waals surface area contributed by atoms with Gasteiger partial charge in [-0.05, 0) is 36.6 Å². The van der Waals surface area contributed by atoms with Gasteiger partial charge in [0, 0.05) is 37.8 Å². The summed E-state index contributed by atoms with van der Waals surface area (Å²) in [7, 11) is 0. The van der Waals surface area contributed by atoms with Crippen LogP contribution in [0.1, 0.15) is 49.7 Å². The Kier molecular flexibility index (Phi) is 7.61. The zero-order valence-corrected chi connectivity index (χ0v) is 19.8. The lowest BCUT2D eigenvalue weighted by Gasteiger charge is -2.39. The van der Waals surface area contributed by atoms with Crippen molar-refractivity contribution in [2.24, 2.45) is 5.92 Å². The molecule has 1 aliphatic rings. The van der Waals surface area contributed by atoms with Gasteiger partial charge in [0.15, 0.2) is 0 Å². The van der Waals surface area contributed by atoms with Crippen LogP contribution < -0.4 is 10.2 Å². The van der Waals surface area contributed by atoms with Crippen LogP contribution in [-0.2, 0) is 4.79 Å². The molecule has 1 aliphatic heterocycles. The van der Waals surface area contributed by atoms with Crippen molar-refractivity contribution in [3.63, 3.8) is 0 Å². The Hall–Kier alpha value is -3.63. The van der Waals surface area contributed by atoms with E-state index in [2.05, 4.69) is 38.3 Å². The lowest BCUT2D eigenvalue weighted by Crippen LogP contribution is -2.48. The van der Waals surface area contributed by atoms with Crippen LogP contribution in [0.4, 0.5) is 11.4 Å². The average Bonchev–Trinajstić information content (AvgIpc) is 3.40. The molecule has 1 atom stereocenters. The first kappa shape index (κ1) is 23.5. The van der Waals surface area contributed by atoms with Gasteiger partial charge in [0.25, 0.3) is 0 Å². The first-order chi connectivity index (χ1) is 16.6. The molecular weight excluding hydrogens is 426 g/mol. The third-order valence-corrected chi connectivity index (χ3v) is 6.56. The number of nitrogens with one attached hydrogen (secondary N) is 1. The molecule has 4 rings (SSSR count). The highest BCUT2D eigenvalue weighted by atomic mass is 16.3. The van der Waals surface area contributed by atoms with E-state index in [1.165, 1.54) is 0 Å². The summed E-state index contributed by atoms with van der Waals surface area (Å²) in [4.78, 5) is 21.5. The molecule has 0 spiro atoms. The molecule has 7 nitrogen and oxygen atoms in total. The zero-order chi connectivity index (χ0) is 23.9. The van der Waals surface area contributed by atoms with Crippen LogP contribution in [0, 0.1) is 17.2 Å². The normalized spacial score (nSPS) is 15.2. The van der Waals surface area contributed by atoms with E-state index in [0.717, 1.165) is 50.3 Å². The summed E-state index contributed by atoms with van der Waals surface area (Å²) in [6.07, 6.45) is 4.90. The van der Waals surface area contributed by atoms with Crippen molar-refractivity contribution < 1.29 is 9.21 Å². The van der Waals surface area contributed by atoms with E-state index in [9.17, 15) is 10.1 Å². The van der Waals surface area contributed by atoms with Gasteiger partial charge in [0.05, 0.1) is 17.4 Å². The monoisotopic (exact) mass is 457 g/mol. The highest BCUT2D eigenvalue weighted by Gasteiger charge is 2.30. The summed E-state index contributed by atoms with van der Waals surface area (Å²) in [5, 5.41) is 12.8. The molecule has 1 fully saturated rings. The van der Waals surface area contributed by atoms with Crippen molar-refractivity contribution in [3.8, 4) is 6.07 Å². The number of anilines is 2. The summed E-state index contributed by atoms with van der Waals surface area (Å²) in [6.45, 7) is 7.19. The van der Waals surface area contributed by atoms with Gasteiger partial charge in [-0.25, -0.2) is 4.98 Å². The maximum Gasteiger partial charge on any atom is 0.227 e. The molecule has 0 radical (unpaired) electrons. The summed E-state index contributed by atoms with van der Waals surface area (Å²) in [5.74, 6) is 0.683. The highest BCUT2D eigenvalue weighted by molar-refractivity contribution is 5.93. The smallest absolute Gasteiger partial charge is 0.227 e. The van der Waals surface area contributed by atoms with E-state index < -0.39 is 0 Å². The number of hydrogen-bond donors (Lipinski definition) is 1. The maximum absolute atomic E-state index is 12.5. The van der Waals surface area contributed by atoms with Crippen LogP contribution in [0.2, 0.25) is 0 Å². The van der Waals surface area contributed by atoms with E-state index in [0.29, 0.717) is 17.1 Å². The SMILES string of the molecule is CCC(CC)C(=O)Nc1ccc(N2CCN(C(c3ccccc3)c3ncco3)CC2)c(C#N)c1. The fraction of sp³-hybridized carbons (Fsp3) is 0.370. The summed E-state index contributed by atoms with van der Waals surface area (Å²) >= 11 is 0. The van der Waals surface area contributed by atoms with Gasteiger partial charge in [-0.3, -0.25) is 9.69 Å². The molecule has 2 heterocycles. The van der Waals surface area contributed by atoms with Gasteiger partial charge < -0.3 is 14.6 Å². The molecule has 1 amide bonds. The molecule has 7 heteroatoms. The number of hydrogen-bond acceptors (Lipinski definition) is 6. The Morgan fingerprint density at radius 1 is 1.12 bits per heavy atom. The number of aromatic nitrogens is 1. The van der Waals surface area contributed by atoms with E-state index in [1.807, 2.05) is 44.2 Å². The largest absolute Gasteiger partial charge is 0.447 e. The highest BCUT2D eigenvalue weighted by Crippen LogP contribution is 2.31. The molecule has 1 aromatic heterocycles. The number of rotatable bonds is 8. The van der Waals surface area contributed by atoms with Gasteiger partial charge in [0.2, 0.25) is 11.8 Å². The fourth-order valence-corrected chi connectivity index (χ4v) is 4.62. The lowest BCUT2D eigenvalue weighted by molar-refractivity contribution is -0.120. The number of carbonyl (C=O) groups excluding carboxylic acids is 1. The van der Waals surface area contributed by atoms with Crippen molar-refractivity contribution in [2.45, 2.75) is 32.7 Å². The Balaban J connectivity index is 1.47. The average molecular weight is 458 g/mol. The molecule has 0 aliphatic carbocycles. The Morgan fingerprint density at radius 3 is 2.47 bits per heavy atom.